The van der Waals surface area contributed by atoms with Gasteiger partial charge in [-0.05, 0) is 92.4 Å². The second-order valence-corrected chi connectivity index (χ2v) is 9.24. The van der Waals surface area contributed by atoms with Crippen LogP contribution in [0, 0.1) is 7.14 Å². The van der Waals surface area contributed by atoms with Crippen molar-refractivity contribution in [2.24, 2.45) is 5.73 Å². The maximum atomic E-state index is 10.9. The van der Waals surface area contributed by atoms with Crippen LogP contribution in [0.15, 0.2) is 36.4 Å². The summed E-state index contributed by atoms with van der Waals surface area (Å²) in [6, 6.07) is 11.0. The molecule has 0 saturated heterocycles. The van der Waals surface area contributed by atoms with E-state index in [4.69, 9.17) is 15.6 Å². The van der Waals surface area contributed by atoms with E-state index in [0.29, 0.717) is 6.42 Å². The summed E-state index contributed by atoms with van der Waals surface area (Å²) in [7, 11) is 0. The molecule has 0 bridgehead atoms. The highest BCUT2D eigenvalue weighted by Crippen LogP contribution is 2.34. The molecule has 0 fully saturated rings. The molecule has 2 rings (SSSR count). The molecule has 0 saturated carbocycles. The third-order valence-corrected chi connectivity index (χ3v) is 5.35. The zero-order valence-corrected chi connectivity index (χ0v) is 18.7. The summed E-state index contributed by atoms with van der Waals surface area (Å²) in [5, 5.41) is 8.97. The fourth-order valence-electron chi connectivity index (χ4n) is 2.31. The average molecular weight is 565 g/mol. The smallest absolute Gasteiger partial charge is 0.320 e. The molecule has 0 aliphatic rings. The van der Waals surface area contributed by atoms with Gasteiger partial charge in [0.2, 0.25) is 0 Å². The topological polar surface area (TPSA) is 72.5 Å². The molecule has 0 heterocycles. The molecular weight excluding hydrogens is 544 g/mol. The first-order valence-corrected chi connectivity index (χ1v) is 9.98. The molecule has 0 aromatic heterocycles. The largest absolute Gasteiger partial charge is 0.480 e. The molecule has 0 radical (unpaired) electrons. The van der Waals surface area contributed by atoms with Crippen LogP contribution in [0.3, 0.4) is 0 Å². The maximum absolute atomic E-state index is 10.9. The minimum Gasteiger partial charge on any atom is -0.480 e. The van der Waals surface area contributed by atoms with Crippen molar-refractivity contribution in [3.8, 4) is 11.5 Å². The number of rotatable bonds is 5. The van der Waals surface area contributed by atoms with E-state index in [1.165, 1.54) is 5.56 Å². The van der Waals surface area contributed by atoms with Crippen molar-refractivity contribution >= 4 is 51.2 Å². The Morgan fingerprint density at radius 3 is 2.32 bits per heavy atom. The minimum atomic E-state index is -0.996. The number of carboxylic acid groups (broad SMARTS) is 1. The van der Waals surface area contributed by atoms with Gasteiger partial charge in [-0.1, -0.05) is 32.9 Å². The molecule has 2 aromatic rings. The Bertz CT molecular complexity index is 761. The van der Waals surface area contributed by atoms with E-state index >= 15 is 0 Å². The van der Waals surface area contributed by atoms with Crippen molar-refractivity contribution in [3.63, 3.8) is 0 Å². The van der Waals surface area contributed by atoms with Crippen LogP contribution in [0.25, 0.3) is 0 Å². The van der Waals surface area contributed by atoms with Crippen LogP contribution >= 0.6 is 45.2 Å². The standard InChI is InChI=1S/C19H21I2NO3/c1-19(2,3)12-5-4-6-13(10-12)25-17-14(20)7-11(8-15(17)21)9-16(22)18(23)24/h4-8,10,16H,9,22H2,1-3H3,(H,23,24)/t16-/m0/s1. The van der Waals surface area contributed by atoms with Crippen LogP contribution in [0.2, 0.25) is 0 Å². The van der Waals surface area contributed by atoms with Gasteiger partial charge in [0, 0.05) is 0 Å². The Morgan fingerprint density at radius 2 is 1.80 bits per heavy atom. The van der Waals surface area contributed by atoms with Crippen LogP contribution in [0.5, 0.6) is 11.5 Å². The highest BCUT2D eigenvalue weighted by Gasteiger charge is 2.17. The lowest BCUT2D eigenvalue weighted by Gasteiger charge is -2.20. The minimum absolute atomic E-state index is 0.0521. The van der Waals surface area contributed by atoms with Crippen molar-refractivity contribution in [3.05, 3.63) is 54.7 Å². The van der Waals surface area contributed by atoms with E-state index in [2.05, 4.69) is 78.1 Å². The van der Waals surface area contributed by atoms with Gasteiger partial charge in [0.25, 0.3) is 0 Å². The molecule has 3 N–H and O–H groups in total. The normalized spacial score (nSPS) is 12.7. The molecule has 0 aliphatic heterocycles. The number of carbonyl (C=O) groups is 1. The molecule has 4 nitrogen and oxygen atoms in total. The molecule has 0 aliphatic carbocycles. The Morgan fingerprint density at radius 1 is 1.20 bits per heavy atom. The SMILES string of the molecule is CC(C)(C)c1cccc(Oc2c(I)cc(C[C@H](N)C(=O)O)cc2I)c1. The highest BCUT2D eigenvalue weighted by molar-refractivity contribution is 14.1. The first-order valence-electron chi connectivity index (χ1n) is 7.82. The third kappa shape index (κ3) is 5.55. The summed E-state index contributed by atoms with van der Waals surface area (Å²) in [6.07, 6.45) is 0.293. The van der Waals surface area contributed by atoms with Crippen molar-refractivity contribution in [1.82, 2.24) is 0 Å². The fraction of sp³-hybridized carbons (Fsp3) is 0.316. The number of benzene rings is 2. The van der Waals surface area contributed by atoms with Crippen molar-refractivity contribution in [1.29, 1.82) is 0 Å². The molecule has 0 unspecified atom stereocenters. The monoisotopic (exact) mass is 565 g/mol. The van der Waals surface area contributed by atoms with E-state index < -0.39 is 12.0 Å². The van der Waals surface area contributed by atoms with E-state index in [0.717, 1.165) is 24.2 Å². The molecule has 0 spiro atoms. The first-order chi connectivity index (χ1) is 11.6. The van der Waals surface area contributed by atoms with Crippen LogP contribution in [-0.4, -0.2) is 17.1 Å². The third-order valence-electron chi connectivity index (χ3n) is 3.75. The van der Waals surface area contributed by atoms with Crippen molar-refractivity contribution in [2.75, 3.05) is 0 Å². The fourth-order valence-corrected chi connectivity index (χ4v) is 4.43. The highest BCUT2D eigenvalue weighted by atomic mass is 127. The van der Waals surface area contributed by atoms with Crippen LogP contribution in [-0.2, 0) is 16.6 Å². The molecule has 25 heavy (non-hydrogen) atoms. The average Bonchev–Trinajstić information content (AvgIpc) is 2.50. The Kier molecular flexibility index (Phi) is 6.72. The lowest BCUT2D eigenvalue weighted by atomic mass is 9.87. The van der Waals surface area contributed by atoms with Crippen LogP contribution in [0.1, 0.15) is 31.9 Å². The number of ether oxygens (including phenoxy) is 1. The Hall–Kier alpha value is -0.870. The number of hydrogen-bond donors (Lipinski definition) is 2. The van der Waals surface area contributed by atoms with Gasteiger partial charge in [-0.15, -0.1) is 0 Å². The predicted octanol–water partition coefficient (Wildman–Crippen LogP) is 4.94. The summed E-state index contributed by atoms with van der Waals surface area (Å²) in [5.74, 6) is 0.572. The van der Waals surface area contributed by atoms with Gasteiger partial charge < -0.3 is 15.6 Å². The van der Waals surface area contributed by atoms with Gasteiger partial charge in [-0.25, -0.2) is 0 Å². The van der Waals surface area contributed by atoms with E-state index in [9.17, 15) is 4.79 Å². The van der Waals surface area contributed by atoms with Crippen molar-refractivity contribution < 1.29 is 14.6 Å². The maximum Gasteiger partial charge on any atom is 0.320 e. The second-order valence-electron chi connectivity index (χ2n) is 6.92. The molecule has 6 heteroatoms. The number of hydrogen-bond acceptors (Lipinski definition) is 3. The second kappa shape index (κ2) is 8.22. The number of carboxylic acids is 1. The summed E-state index contributed by atoms with van der Waals surface area (Å²) in [4.78, 5) is 10.9. The molecule has 2 aromatic carbocycles. The number of nitrogens with two attached hydrogens (primary N) is 1. The molecule has 134 valence electrons. The van der Waals surface area contributed by atoms with Gasteiger partial charge in [-0.2, -0.15) is 0 Å². The predicted molar refractivity (Wildman–Crippen MR) is 116 cm³/mol. The quantitative estimate of drug-likeness (QED) is 0.505. The van der Waals surface area contributed by atoms with E-state index in [1.807, 2.05) is 24.3 Å². The Labute approximate surface area is 175 Å². The molecule has 1 atom stereocenters. The summed E-state index contributed by atoms with van der Waals surface area (Å²) in [6.45, 7) is 6.50. The van der Waals surface area contributed by atoms with Gasteiger partial charge >= 0.3 is 5.97 Å². The van der Waals surface area contributed by atoms with Gasteiger partial charge in [0.15, 0.2) is 5.75 Å². The first kappa shape index (κ1) is 20.4. The number of halogens is 2. The van der Waals surface area contributed by atoms with Gasteiger partial charge in [0.05, 0.1) is 7.14 Å². The molecule has 0 amide bonds. The lowest BCUT2D eigenvalue weighted by molar-refractivity contribution is -0.138. The van der Waals surface area contributed by atoms with Crippen LogP contribution in [0.4, 0.5) is 0 Å². The summed E-state index contributed by atoms with van der Waals surface area (Å²) in [5.41, 5.74) is 7.78. The van der Waals surface area contributed by atoms with Crippen molar-refractivity contribution in [2.45, 2.75) is 38.6 Å². The van der Waals surface area contributed by atoms with E-state index in [-0.39, 0.29) is 5.41 Å². The summed E-state index contributed by atoms with van der Waals surface area (Å²) >= 11 is 4.42. The van der Waals surface area contributed by atoms with Gasteiger partial charge in [-0.3, -0.25) is 4.79 Å². The summed E-state index contributed by atoms with van der Waals surface area (Å²) < 4.78 is 7.98. The van der Waals surface area contributed by atoms with Crippen LogP contribution < -0.4 is 10.5 Å². The zero-order valence-electron chi connectivity index (χ0n) is 14.3. The van der Waals surface area contributed by atoms with Gasteiger partial charge in [0.1, 0.15) is 11.8 Å². The lowest BCUT2D eigenvalue weighted by Crippen LogP contribution is -2.32. The molecular formula is C19H21I2NO3. The van der Waals surface area contributed by atoms with E-state index in [1.54, 1.807) is 0 Å². The zero-order chi connectivity index (χ0) is 18.8. The number of aliphatic carboxylic acids is 1. The Balaban J connectivity index is 2.28.